The van der Waals surface area contributed by atoms with Crippen molar-refractivity contribution in [3.63, 3.8) is 0 Å². The molecule has 4 nitrogen and oxygen atoms in total. The Hall–Kier alpha value is -2.62. The number of para-hydroxylation sites is 1. The van der Waals surface area contributed by atoms with Gasteiger partial charge in [-0.05, 0) is 35.7 Å². The molecule has 0 aliphatic carbocycles. The van der Waals surface area contributed by atoms with Crippen LogP contribution in [0.1, 0.15) is 25.3 Å². The minimum absolute atomic E-state index is 0.426. The van der Waals surface area contributed by atoms with Crippen LogP contribution in [0.5, 0.6) is 0 Å². The van der Waals surface area contributed by atoms with Crippen molar-refractivity contribution in [1.29, 1.82) is 0 Å². The third kappa shape index (κ3) is 3.73. The van der Waals surface area contributed by atoms with Crippen LogP contribution in [0.15, 0.2) is 54.6 Å². The molecule has 22 heavy (non-hydrogen) atoms. The first-order valence-electron chi connectivity index (χ1n) is 7.23. The van der Waals surface area contributed by atoms with Crippen molar-refractivity contribution >= 4 is 23.2 Å². The maximum atomic E-state index is 12.1. The van der Waals surface area contributed by atoms with E-state index >= 15 is 0 Å². The van der Waals surface area contributed by atoms with Gasteiger partial charge in [0.1, 0.15) is 0 Å². The maximum Gasteiger partial charge on any atom is 0.316 e. The van der Waals surface area contributed by atoms with E-state index in [0.29, 0.717) is 17.3 Å². The second kappa shape index (κ2) is 6.89. The van der Waals surface area contributed by atoms with E-state index in [0.717, 1.165) is 0 Å². The third-order valence-electron chi connectivity index (χ3n) is 3.48. The molecule has 2 aromatic carbocycles. The van der Waals surface area contributed by atoms with Crippen LogP contribution in [0.4, 0.5) is 11.4 Å². The Labute approximate surface area is 130 Å². The Morgan fingerprint density at radius 3 is 2.09 bits per heavy atom. The van der Waals surface area contributed by atoms with Crippen LogP contribution in [0.2, 0.25) is 0 Å². The predicted molar refractivity (Wildman–Crippen MR) is 89.0 cm³/mol. The van der Waals surface area contributed by atoms with Gasteiger partial charge in [0.05, 0.1) is 0 Å². The SMILES string of the molecule is CC(C)c1ccc(NC(=O)C(=O)N(C)c2ccccc2)cc1. The number of nitrogens with one attached hydrogen (secondary N) is 1. The van der Waals surface area contributed by atoms with Crippen LogP contribution in [0.25, 0.3) is 0 Å². The maximum absolute atomic E-state index is 12.1. The molecule has 0 saturated carbocycles. The molecule has 0 radical (unpaired) electrons. The lowest BCUT2D eigenvalue weighted by molar-refractivity contribution is -0.134. The van der Waals surface area contributed by atoms with Gasteiger partial charge in [-0.2, -0.15) is 0 Å². The Kier molecular flexibility index (Phi) is 4.94. The van der Waals surface area contributed by atoms with E-state index < -0.39 is 11.8 Å². The summed E-state index contributed by atoms with van der Waals surface area (Å²) >= 11 is 0. The number of amides is 2. The Bertz CT molecular complexity index is 649. The average Bonchev–Trinajstić information content (AvgIpc) is 2.54. The Balaban J connectivity index is 2.04. The molecule has 1 N–H and O–H groups in total. The van der Waals surface area contributed by atoms with E-state index in [9.17, 15) is 9.59 Å². The van der Waals surface area contributed by atoms with Crippen molar-refractivity contribution in [1.82, 2.24) is 0 Å². The van der Waals surface area contributed by atoms with Crippen molar-refractivity contribution in [3.05, 3.63) is 60.2 Å². The van der Waals surface area contributed by atoms with Crippen LogP contribution in [-0.4, -0.2) is 18.9 Å². The molecule has 0 aliphatic heterocycles. The number of carbonyl (C=O) groups is 2. The fourth-order valence-electron chi connectivity index (χ4n) is 2.06. The molecular weight excluding hydrogens is 276 g/mol. The highest BCUT2D eigenvalue weighted by Gasteiger charge is 2.19. The second-order valence-electron chi connectivity index (χ2n) is 5.43. The molecule has 2 rings (SSSR count). The molecule has 0 bridgehead atoms. The Morgan fingerprint density at radius 1 is 0.955 bits per heavy atom. The lowest BCUT2D eigenvalue weighted by Crippen LogP contribution is -2.37. The fourth-order valence-corrected chi connectivity index (χ4v) is 2.06. The fraction of sp³-hybridized carbons (Fsp3) is 0.222. The lowest BCUT2D eigenvalue weighted by Gasteiger charge is -2.16. The smallest absolute Gasteiger partial charge is 0.316 e. The van der Waals surface area contributed by atoms with Crippen LogP contribution >= 0.6 is 0 Å². The van der Waals surface area contributed by atoms with Crippen LogP contribution in [0.3, 0.4) is 0 Å². The quantitative estimate of drug-likeness (QED) is 0.882. The highest BCUT2D eigenvalue weighted by Crippen LogP contribution is 2.17. The van der Waals surface area contributed by atoms with Gasteiger partial charge in [-0.25, -0.2) is 0 Å². The van der Waals surface area contributed by atoms with E-state index in [4.69, 9.17) is 0 Å². The summed E-state index contributed by atoms with van der Waals surface area (Å²) in [4.78, 5) is 25.5. The largest absolute Gasteiger partial charge is 0.318 e. The van der Waals surface area contributed by atoms with Crippen molar-refractivity contribution in [2.24, 2.45) is 0 Å². The van der Waals surface area contributed by atoms with Gasteiger partial charge in [-0.15, -0.1) is 0 Å². The van der Waals surface area contributed by atoms with Gasteiger partial charge in [-0.3, -0.25) is 9.59 Å². The minimum atomic E-state index is -0.649. The van der Waals surface area contributed by atoms with Gasteiger partial charge in [-0.1, -0.05) is 44.2 Å². The zero-order chi connectivity index (χ0) is 16.1. The lowest BCUT2D eigenvalue weighted by atomic mass is 10.0. The monoisotopic (exact) mass is 296 g/mol. The molecular formula is C18H20N2O2. The van der Waals surface area contributed by atoms with E-state index in [1.54, 1.807) is 19.2 Å². The first-order valence-corrected chi connectivity index (χ1v) is 7.23. The summed E-state index contributed by atoms with van der Waals surface area (Å²) < 4.78 is 0. The molecule has 114 valence electrons. The first-order chi connectivity index (χ1) is 10.5. The highest BCUT2D eigenvalue weighted by atomic mass is 16.2. The van der Waals surface area contributed by atoms with Crippen molar-refractivity contribution in [2.45, 2.75) is 19.8 Å². The summed E-state index contributed by atoms with van der Waals surface area (Å²) in [5.41, 5.74) is 2.48. The van der Waals surface area contributed by atoms with Gasteiger partial charge < -0.3 is 10.2 Å². The minimum Gasteiger partial charge on any atom is -0.318 e. The van der Waals surface area contributed by atoms with Gasteiger partial charge in [0.15, 0.2) is 0 Å². The van der Waals surface area contributed by atoms with Crippen LogP contribution < -0.4 is 10.2 Å². The summed E-state index contributed by atoms with van der Waals surface area (Å²) in [7, 11) is 1.58. The molecule has 0 saturated heterocycles. The topological polar surface area (TPSA) is 49.4 Å². The van der Waals surface area contributed by atoms with Crippen LogP contribution in [-0.2, 0) is 9.59 Å². The molecule has 0 unspecified atom stereocenters. The van der Waals surface area contributed by atoms with Gasteiger partial charge in [0, 0.05) is 18.4 Å². The molecule has 0 fully saturated rings. The third-order valence-corrected chi connectivity index (χ3v) is 3.48. The summed E-state index contributed by atoms with van der Waals surface area (Å²) in [6.45, 7) is 4.21. The molecule has 2 amide bonds. The van der Waals surface area contributed by atoms with Crippen molar-refractivity contribution < 1.29 is 9.59 Å². The number of likely N-dealkylation sites (N-methyl/N-ethyl adjacent to an activating group) is 1. The molecule has 0 aliphatic rings. The normalized spacial score (nSPS) is 10.4. The van der Waals surface area contributed by atoms with Gasteiger partial charge in [0.2, 0.25) is 0 Å². The standard InChI is InChI=1S/C18H20N2O2/c1-13(2)14-9-11-15(12-10-14)19-17(21)18(22)20(3)16-7-5-4-6-8-16/h4-13H,1-3H3,(H,19,21). The second-order valence-corrected chi connectivity index (χ2v) is 5.43. The molecule has 2 aromatic rings. The summed E-state index contributed by atoms with van der Waals surface area (Å²) in [6, 6.07) is 16.6. The average molecular weight is 296 g/mol. The molecule has 0 aromatic heterocycles. The number of anilines is 2. The van der Waals surface area contributed by atoms with E-state index in [1.807, 2.05) is 42.5 Å². The van der Waals surface area contributed by atoms with Gasteiger partial charge in [0.25, 0.3) is 0 Å². The number of hydrogen-bond donors (Lipinski definition) is 1. The molecule has 0 heterocycles. The first kappa shape index (κ1) is 15.8. The highest BCUT2D eigenvalue weighted by molar-refractivity contribution is 6.44. The van der Waals surface area contributed by atoms with E-state index in [1.165, 1.54) is 10.5 Å². The molecule has 0 spiro atoms. The molecule has 4 heteroatoms. The van der Waals surface area contributed by atoms with Crippen LogP contribution in [0, 0.1) is 0 Å². The number of benzene rings is 2. The number of hydrogen-bond acceptors (Lipinski definition) is 2. The number of rotatable bonds is 3. The Morgan fingerprint density at radius 2 is 1.55 bits per heavy atom. The van der Waals surface area contributed by atoms with E-state index in [2.05, 4.69) is 19.2 Å². The van der Waals surface area contributed by atoms with Crippen molar-refractivity contribution in [2.75, 3.05) is 17.3 Å². The summed E-state index contributed by atoms with van der Waals surface area (Å²) in [6.07, 6.45) is 0. The van der Waals surface area contributed by atoms with Crippen molar-refractivity contribution in [3.8, 4) is 0 Å². The molecule has 0 atom stereocenters. The summed E-state index contributed by atoms with van der Waals surface area (Å²) in [5, 5.41) is 2.63. The summed E-state index contributed by atoms with van der Waals surface area (Å²) in [5.74, 6) is -0.821. The zero-order valence-electron chi connectivity index (χ0n) is 13.0. The van der Waals surface area contributed by atoms with E-state index in [-0.39, 0.29) is 0 Å². The number of nitrogens with zero attached hydrogens (tertiary/aromatic N) is 1. The zero-order valence-corrected chi connectivity index (χ0v) is 13.0. The number of carbonyl (C=O) groups excluding carboxylic acids is 2. The van der Waals surface area contributed by atoms with Gasteiger partial charge >= 0.3 is 11.8 Å². The predicted octanol–water partition coefficient (Wildman–Crippen LogP) is 3.41.